The summed E-state index contributed by atoms with van der Waals surface area (Å²) < 4.78 is 42.6. The molecule has 0 bridgehead atoms. The molecule has 0 spiro atoms. The molecule has 1 saturated heterocycles. The number of nitrogens with zero attached hydrogens (tertiary/aromatic N) is 2. The molecule has 0 aliphatic carbocycles. The van der Waals surface area contributed by atoms with Gasteiger partial charge in [0.2, 0.25) is 5.91 Å². The van der Waals surface area contributed by atoms with Gasteiger partial charge >= 0.3 is 12.3 Å². The van der Waals surface area contributed by atoms with Crippen molar-refractivity contribution >= 4 is 12.0 Å². The first kappa shape index (κ1) is 19.1. The van der Waals surface area contributed by atoms with Gasteiger partial charge in [0, 0.05) is 39.0 Å². The van der Waals surface area contributed by atoms with Gasteiger partial charge in [0.05, 0.1) is 12.2 Å². The first-order chi connectivity index (χ1) is 11.8. The average molecular weight is 358 g/mol. The molecule has 1 aliphatic heterocycles. The van der Waals surface area contributed by atoms with Crippen LogP contribution in [0.3, 0.4) is 0 Å². The molecule has 1 aromatic carbocycles. The minimum atomic E-state index is -4.35. The average Bonchev–Trinajstić information content (AvgIpc) is 2.60. The molecule has 2 rings (SSSR count). The molecule has 0 aromatic heterocycles. The zero-order valence-electron chi connectivity index (χ0n) is 14.0. The molecule has 0 saturated carbocycles. The Kier molecular flexibility index (Phi) is 6.27. The van der Waals surface area contributed by atoms with E-state index in [0.717, 1.165) is 12.1 Å². The Morgan fingerprint density at radius 1 is 1.04 bits per heavy atom. The number of piperazine rings is 1. The maximum absolute atomic E-state index is 12.5. The molecule has 1 fully saturated rings. The predicted molar refractivity (Wildman–Crippen MR) is 84.9 cm³/mol. The van der Waals surface area contributed by atoms with Crippen molar-refractivity contribution in [1.29, 1.82) is 0 Å². The maximum Gasteiger partial charge on any atom is 0.416 e. The molecule has 2 amide bonds. The van der Waals surface area contributed by atoms with Crippen LogP contribution in [0.25, 0.3) is 0 Å². The van der Waals surface area contributed by atoms with Crippen molar-refractivity contribution in [2.75, 3.05) is 32.8 Å². The Balaban J connectivity index is 1.73. The Morgan fingerprint density at radius 2 is 1.60 bits per heavy atom. The molecule has 0 atom stereocenters. The van der Waals surface area contributed by atoms with Crippen molar-refractivity contribution in [2.24, 2.45) is 0 Å². The van der Waals surface area contributed by atoms with Gasteiger partial charge in [-0.15, -0.1) is 0 Å². The van der Waals surface area contributed by atoms with Crippen molar-refractivity contribution in [2.45, 2.75) is 25.9 Å². The first-order valence-electron chi connectivity index (χ1n) is 8.17. The van der Waals surface area contributed by atoms with E-state index in [4.69, 9.17) is 4.74 Å². The van der Waals surface area contributed by atoms with E-state index >= 15 is 0 Å². The van der Waals surface area contributed by atoms with Gasteiger partial charge in [0.15, 0.2) is 0 Å². The SMILES string of the molecule is CCC(=O)N1CCN(C(=O)OCCc2ccc(C(F)(F)F)cc2)CC1. The summed E-state index contributed by atoms with van der Waals surface area (Å²) in [7, 11) is 0. The Bertz CT molecular complexity index is 594. The fourth-order valence-electron chi connectivity index (χ4n) is 2.57. The third-order valence-corrected chi connectivity index (χ3v) is 4.09. The lowest BCUT2D eigenvalue weighted by atomic mass is 10.1. The van der Waals surface area contributed by atoms with E-state index in [1.807, 2.05) is 0 Å². The normalized spacial score (nSPS) is 15.2. The van der Waals surface area contributed by atoms with Crippen LogP contribution >= 0.6 is 0 Å². The highest BCUT2D eigenvalue weighted by molar-refractivity contribution is 5.76. The zero-order chi connectivity index (χ0) is 18.4. The standard InChI is InChI=1S/C17H21F3N2O3/c1-2-15(23)21-8-10-22(11-9-21)16(24)25-12-7-13-3-5-14(6-4-13)17(18,19)20/h3-6H,2,7-12H2,1H3. The van der Waals surface area contributed by atoms with Crippen molar-refractivity contribution in [3.05, 3.63) is 35.4 Å². The van der Waals surface area contributed by atoms with Gasteiger partial charge in [-0.05, 0) is 17.7 Å². The molecular weight excluding hydrogens is 337 g/mol. The number of hydrogen-bond donors (Lipinski definition) is 0. The van der Waals surface area contributed by atoms with E-state index in [1.165, 1.54) is 17.0 Å². The van der Waals surface area contributed by atoms with Crippen LogP contribution in [-0.4, -0.2) is 54.6 Å². The number of amides is 2. The summed E-state index contributed by atoms with van der Waals surface area (Å²) in [6, 6.07) is 4.79. The van der Waals surface area contributed by atoms with Crippen LogP contribution in [0.5, 0.6) is 0 Å². The molecule has 8 heteroatoms. The van der Waals surface area contributed by atoms with Crippen LogP contribution in [0.4, 0.5) is 18.0 Å². The summed E-state index contributed by atoms with van der Waals surface area (Å²) in [6.07, 6.45) is -4.03. The summed E-state index contributed by atoms with van der Waals surface area (Å²) in [5.74, 6) is 0.0651. The van der Waals surface area contributed by atoms with Crippen molar-refractivity contribution in [3.8, 4) is 0 Å². The van der Waals surface area contributed by atoms with E-state index in [1.54, 1.807) is 11.8 Å². The first-order valence-corrected chi connectivity index (χ1v) is 8.17. The van der Waals surface area contributed by atoms with Gasteiger partial charge < -0.3 is 14.5 Å². The summed E-state index contributed by atoms with van der Waals surface area (Å²) in [5, 5.41) is 0. The van der Waals surface area contributed by atoms with Gasteiger partial charge in [0.25, 0.3) is 0 Å². The quantitative estimate of drug-likeness (QED) is 0.832. The molecule has 1 aliphatic rings. The molecular formula is C17H21F3N2O3. The second-order valence-electron chi connectivity index (χ2n) is 5.78. The fourth-order valence-corrected chi connectivity index (χ4v) is 2.57. The molecule has 0 N–H and O–H groups in total. The van der Waals surface area contributed by atoms with Gasteiger partial charge in [-0.2, -0.15) is 13.2 Å². The molecule has 25 heavy (non-hydrogen) atoms. The second kappa shape index (κ2) is 8.22. The van der Waals surface area contributed by atoms with Crippen molar-refractivity contribution in [1.82, 2.24) is 9.80 Å². The molecule has 5 nitrogen and oxygen atoms in total. The number of carbonyl (C=O) groups is 2. The van der Waals surface area contributed by atoms with E-state index in [0.29, 0.717) is 44.6 Å². The van der Waals surface area contributed by atoms with Crippen LogP contribution < -0.4 is 0 Å². The van der Waals surface area contributed by atoms with Crippen molar-refractivity contribution < 1.29 is 27.5 Å². The Hall–Kier alpha value is -2.25. The number of hydrogen-bond acceptors (Lipinski definition) is 3. The summed E-state index contributed by atoms with van der Waals surface area (Å²) in [6.45, 7) is 3.71. The van der Waals surface area contributed by atoms with Gasteiger partial charge in [-0.3, -0.25) is 4.79 Å². The third-order valence-electron chi connectivity index (χ3n) is 4.09. The smallest absolute Gasteiger partial charge is 0.416 e. The molecule has 0 unspecified atom stereocenters. The number of ether oxygens (including phenoxy) is 1. The number of halogens is 3. The predicted octanol–water partition coefficient (Wildman–Crippen LogP) is 2.94. The topological polar surface area (TPSA) is 49.9 Å². The molecule has 0 radical (unpaired) electrons. The van der Waals surface area contributed by atoms with Gasteiger partial charge in [-0.1, -0.05) is 19.1 Å². The largest absolute Gasteiger partial charge is 0.449 e. The number of alkyl halides is 3. The van der Waals surface area contributed by atoms with E-state index in [-0.39, 0.29) is 12.5 Å². The van der Waals surface area contributed by atoms with Crippen molar-refractivity contribution in [3.63, 3.8) is 0 Å². The Labute approximate surface area is 144 Å². The van der Waals surface area contributed by atoms with Crippen LogP contribution in [0.15, 0.2) is 24.3 Å². The molecule has 1 heterocycles. The van der Waals surface area contributed by atoms with Gasteiger partial charge in [-0.25, -0.2) is 4.79 Å². The fraction of sp³-hybridized carbons (Fsp3) is 0.529. The zero-order valence-corrected chi connectivity index (χ0v) is 14.0. The summed E-state index contributed by atoms with van der Waals surface area (Å²) >= 11 is 0. The third kappa shape index (κ3) is 5.37. The lowest BCUT2D eigenvalue weighted by Crippen LogP contribution is -2.50. The van der Waals surface area contributed by atoms with E-state index < -0.39 is 17.8 Å². The minimum absolute atomic E-state index is 0.0651. The molecule has 1 aromatic rings. The number of rotatable bonds is 4. The van der Waals surface area contributed by atoms with Crippen LogP contribution in [0.2, 0.25) is 0 Å². The number of benzene rings is 1. The van der Waals surface area contributed by atoms with Crippen LogP contribution in [0.1, 0.15) is 24.5 Å². The second-order valence-corrected chi connectivity index (χ2v) is 5.78. The minimum Gasteiger partial charge on any atom is -0.449 e. The Morgan fingerprint density at radius 3 is 2.12 bits per heavy atom. The lowest BCUT2D eigenvalue weighted by Gasteiger charge is -2.34. The number of carbonyl (C=O) groups excluding carboxylic acids is 2. The van der Waals surface area contributed by atoms with E-state index in [9.17, 15) is 22.8 Å². The summed E-state index contributed by atoms with van der Waals surface area (Å²) in [4.78, 5) is 26.8. The van der Waals surface area contributed by atoms with Gasteiger partial charge in [0.1, 0.15) is 0 Å². The highest BCUT2D eigenvalue weighted by Crippen LogP contribution is 2.29. The molecule has 138 valence electrons. The van der Waals surface area contributed by atoms with Crippen LogP contribution in [0, 0.1) is 0 Å². The van der Waals surface area contributed by atoms with Crippen LogP contribution in [-0.2, 0) is 22.1 Å². The highest BCUT2D eigenvalue weighted by atomic mass is 19.4. The maximum atomic E-state index is 12.5. The summed E-state index contributed by atoms with van der Waals surface area (Å²) in [5.41, 5.74) is -0.0353. The monoisotopic (exact) mass is 358 g/mol. The lowest BCUT2D eigenvalue weighted by molar-refractivity contribution is -0.137. The van der Waals surface area contributed by atoms with E-state index in [2.05, 4.69) is 0 Å². The highest BCUT2D eigenvalue weighted by Gasteiger charge is 2.30.